The Bertz CT molecular complexity index is 1630. The van der Waals surface area contributed by atoms with E-state index in [1.165, 1.54) is 0 Å². The molecule has 4 aromatic rings. The lowest BCUT2D eigenvalue weighted by molar-refractivity contribution is 0.0670. The van der Waals surface area contributed by atoms with Gasteiger partial charge in [-0.1, -0.05) is 18.2 Å². The fraction of sp³-hybridized carbons (Fsp3) is 0.267. The van der Waals surface area contributed by atoms with E-state index < -0.39 is 10.1 Å². The van der Waals surface area contributed by atoms with Gasteiger partial charge in [-0.3, -0.25) is 23.8 Å². The summed E-state index contributed by atoms with van der Waals surface area (Å²) in [5.41, 5.74) is 5.73. The molecule has 2 aromatic heterocycles. The second kappa shape index (κ2) is 13.2. The van der Waals surface area contributed by atoms with E-state index >= 15 is 0 Å². The van der Waals surface area contributed by atoms with Gasteiger partial charge in [0.2, 0.25) is 5.95 Å². The third kappa shape index (κ3) is 8.17. The first-order valence-electron chi connectivity index (χ1n) is 13.5. The van der Waals surface area contributed by atoms with Gasteiger partial charge in [0.15, 0.2) is 0 Å². The first kappa shape index (κ1) is 29.3. The van der Waals surface area contributed by atoms with Crippen LogP contribution in [0.25, 0.3) is 11.3 Å². The molecule has 42 heavy (non-hydrogen) atoms. The molecule has 11 nitrogen and oxygen atoms in total. The predicted molar refractivity (Wildman–Crippen MR) is 162 cm³/mol. The minimum atomic E-state index is -3.44. The average Bonchev–Trinajstić information content (AvgIpc) is 2.99. The minimum absolute atomic E-state index is 0.0855. The molecular formula is C30H33N7O4S. The maximum absolute atomic E-state index is 13.0. The van der Waals surface area contributed by atoms with E-state index in [0.29, 0.717) is 17.2 Å². The molecule has 3 heterocycles. The summed E-state index contributed by atoms with van der Waals surface area (Å²) in [7, 11) is -3.44. The number of aryl methyl sites for hydroxylation is 1. The van der Waals surface area contributed by atoms with Gasteiger partial charge in [-0.2, -0.15) is 8.42 Å². The third-order valence-electron chi connectivity index (χ3n) is 6.89. The summed E-state index contributed by atoms with van der Waals surface area (Å²) >= 11 is 0. The van der Waals surface area contributed by atoms with E-state index in [-0.39, 0.29) is 12.6 Å². The maximum atomic E-state index is 13.0. The van der Waals surface area contributed by atoms with Crippen LogP contribution in [0.1, 0.15) is 21.5 Å². The van der Waals surface area contributed by atoms with Crippen molar-refractivity contribution in [2.24, 2.45) is 0 Å². The minimum Gasteiger partial charge on any atom is -0.324 e. The summed E-state index contributed by atoms with van der Waals surface area (Å²) in [5.74, 6) is 0.243. The Hall–Kier alpha value is -4.23. The van der Waals surface area contributed by atoms with Crippen molar-refractivity contribution in [1.29, 1.82) is 0 Å². The van der Waals surface area contributed by atoms with E-state index in [1.54, 1.807) is 18.6 Å². The Morgan fingerprint density at radius 1 is 0.976 bits per heavy atom. The topological polar surface area (TPSA) is 130 Å². The van der Waals surface area contributed by atoms with Gasteiger partial charge in [0.1, 0.15) is 6.73 Å². The molecular weight excluding hydrogens is 554 g/mol. The van der Waals surface area contributed by atoms with Crippen molar-refractivity contribution < 1.29 is 17.4 Å². The first-order chi connectivity index (χ1) is 20.2. The van der Waals surface area contributed by atoms with Gasteiger partial charge in [-0.05, 0) is 60.5 Å². The SMILES string of the molecule is Cc1ccc(NC(=O)c2ccc(CN3CCN(COS(C)(=O)=O)CC3)cc2)cc1Nc1nccc(-c2cccnc2)n1. The van der Waals surface area contributed by atoms with Gasteiger partial charge in [0.25, 0.3) is 16.0 Å². The fourth-order valence-corrected chi connectivity index (χ4v) is 4.86. The largest absolute Gasteiger partial charge is 0.324 e. The number of nitrogens with one attached hydrogen (secondary N) is 2. The van der Waals surface area contributed by atoms with E-state index in [2.05, 4.69) is 30.5 Å². The first-order valence-corrected chi connectivity index (χ1v) is 15.3. The van der Waals surface area contributed by atoms with Gasteiger partial charge in [0, 0.05) is 73.8 Å². The summed E-state index contributed by atoms with van der Waals surface area (Å²) in [5, 5.41) is 6.24. The number of amides is 1. The Labute approximate surface area is 245 Å². The molecule has 1 aliphatic heterocycles. The molecule has 2 N–H and O–H groups in total. The summed E-state index contributed by atoms with van der Waals surface area (Å²) < 4.78 is 27.3. The Kier molecular flexibility index (Phi) is 9.18. The van der Waals surface area contributed by atoms with Crippen molar-refractivity contribution in [3.8, 4) is 11.3 Å². The number of benzene rings is 2. The molecule has 0 saturated carbocycles. The lowest BCUT2D eigenvalue weighted by Gasteiger charge is -2.34. The number of aromatic nitrogens is 3. The molecule has 1 amide bonds. The van der Waals surface area contributed by atoms with Crippen LogP contribution in [0.5, 0.6) is 0 Å². The number of carbonyl (C=O) groups excluding carboxylic acids is 1. The van der Waals surface area contributed by atoms with Crippen LogP contribution in [0.3, 0.4) is 0 Å². The third-order valence-corrected chi connectivity index (χ3v) is 7.42. The van der Waals surface area contributed by atoms with Gasteiger partial charge < -0.3 is 10.6 Å². The lowest BCUT2D eigenvalue weighted by Crippen LogP contribution is -2.46. The molecule has 0 atom stereocenters. The second-order valence-electron chi connectivity index (χ2n) is 10.2. The van der Waals surface area contributed by atoms with Gasteiger partial charge in [0.05, 0.1) is 11.9 Å². The molecule has 2 aromatic carbocycles. The van der Waals surface area contributed by atoms with Crippen LogP contribution in [-0.2, 0) is 20.8 Å². The molecule has 1 aliphatic rings. The highest BCUT2D eigenvalue weighted by molar-refractivity contribution is 7.85. The molecule has 5 rings (SSSR count). The van der Waals surface area contributed by atoms with Crippen LogP contribution in [0.2, 0.25) is 0 Å². The van der Waals surface area contributed by atoms with Crippen LogP contribution < -0.4 is 10.6 Å². The number of anilines is 3. The van der Waals surface area contributed by atoms with Crippen molar-refractivity contribution in [3.05, 3.63) is 95.9 Å². The molecule has 1 fully saturated rings. The highest BCUT2D eigenvalue weighted by Crippen LogP contribution is 2.25. The van der Waals surface area contributed by atoms with Crippen LogP contribution >= 0.6 is 0 Å². The number of pyridine rings is 1. The van der Waals surface area contributed by atoms with Gasteiger partial charge in [-0.15, -0.1) is 0 Å². The molecule has 0 unspecified atom stereocenters. The normalized spacial score (nSPS) is 14.4. The van der Waals surface area contributed by atoms with Crippen LogP contribution in [0, 0.1) is 6.92 Å². The number of nitrogens with zero attached hydrogens (tertiary/aromatic N) is 5. The van der Waals surface area contributed by atoms with E-state index in [0.717, 1.165) is 67.1 Å². The predicted octanol–water partition coefficient (Wildman–Crippen LogP) is 3.89. The Morgan fingerprint density at radius 2 is 1.74 bits per heavy atom. The molecule has 0 radical (unpaired) electrons. The molecule has 0 aliphatic carbocycles. The fourth-order valence-electron chi connectivity index (χ4n) is 4.52. The second-order valence-corrected chi connectivity index (χ2v) is 11.8. The van der Waals surface area contributed by atoms with Crippen molar-refractivity contribution >= 4 is 33.3 Å². The average molecular weight is 588 g/mol. The monoisotopic (exact) mass is 587 g/mol. The summed E-state index contributed by atoms with van der Waals surface area (Å²) in [6.45, 7) is 5.87. The molecule has 0 bridgehead atoms. The molecule has 218 valence electrons. The zero-order valence-corrected chi connectivity index (χ0v) is 24.3. The number of piperazine rings is 1. The molecule has 0 spiro atoms. The molecule has 12 heteroatoms. The smallest absolute Gasteiger partial charge is 0.265 e. The zero-order valence-electron chi connectivity index (χ0n) is 23.5. The van der Waals surface area contributed by atoms with Gasteiger partial charge >= 0.3 is 0 Å². The number of rotatable bonds is 10. The molecule has 1 saturated heterocycles. The lowest BCUT2D eigenvalue weighted by atomic mass is 10.1. The zero-order chi connectivity index (χ0) is 29.5. The van der Waals surface area contributed by atoms with Crippen molar-refractivity contribution in [2.45, 2.75) is 13.5 Å². The quantitative estimate of drug-likeness (QED) is 0.264. The number of hydrogen-bond acceptors (Lipinski definition) is 10. The highest BCUT2D eigenvalue weighted by Gasteiger charge is 2.18. The van der Waals surface area contributed by atoms with Gasteiger partial charge in [-0.25, -0.2) is 9.97 Å². The Morgan fingerprint density at radius 3 is 2.45 bits per heavy atom. The summed E-state index contributed by atoms with van der Waals surface area (Å²) in [4.78, 5) is 30.4. The maximum Gasteiger partial charge on any atom is 0.265 e. The van der Waals surface area contributed by atoms with E-state index in [4.69, 9.17) is 4.18 Å². The summed E-state index contributed by atoms with van der Waals surface area (Å²) in [6, 6.07) is 18.9. The van der Waals surface area contributed by atoms with Crippen molar-refractivity contribution in [1.82, 2.24) is 24.8 Å². The van der Waals surface area contributed by atoms with Crippen molar-refractivity contribution in [3.63, 3.8) is 0 Å². The Balaban J connectivity index is 1.16. The van der Waals surface area contributed by atoms with E-state index in [9.17, 15) is 13.2 Å². The number of hydrogen-bond donors (Lipinski definition) is 2. The van der Waals surface area contributed by atoms with Crippen LogP contribution in [-0.4, -0.2) is 78.2 Å². The van der Waals surface area contributed by atoms with Crippen LogP contribution in [0.15, 0.2) is 79.3 Å². The number of carbonyl (C=O) groups is 1. The van der Waals surface area contributed by atoms with Crippen molar-refractivity contribution in [2.75, 3.05) is 49.8 Å². The standard InChI is InChI=1S/C30H33N7O4S/c1-22-5-10-26(18-28(22)35-30-32-13-11-27(34-30)25-4-3-12-31-19-25)33-29(38)24-8-6-23(7-9-24)20-36-14-16-37(17-15-36)21-41-42(2,39)40/h3-13,18-19H,14-17,20-21H2,1-2H3,(H,33,38)(H,32,34,35). The summed E-state index contributed by atoms with van der Waals surface area (Å²) in [6.07, 6.45) is 6.22. The van der Waals surface area contributed by atoms with E-state index in [1.807, 2.05) is 72.5 Å². The van der Waals surface area contributed by atoms with Crippen LogP contribution in [0.4, 0.5) is 17.3 Å². The highest BCUT2D eigenvalue weighted by atomic mass is 32.2.